The summed E-state index contributed by atoms with van der Waals surface area (Å²) in [7, 11) is 0. The van der Waals surface area contributed by atoms with Crippen LogP contribution in [0, 0.1) is 0 Å². The van der Waals surface area contributed by atoms with Gasteiger partial charge in [0.15, 0.2) is 0 Å². The highest BCUT2D eigenvalue weighted by Gasteiger charge is 2.16. The molecule has 0 aliphatic rings. The van der Waals surface area contributed by atoms with Crippen LogP contribution in [0.4, 0.5) is 0 Å². The lowest BCUT2D eigenvalue weighted by Crippen LogP contribution is -2.38. The molecule has 88 valence electrons. The number of nitrogens with one attached hydrogen (secondary N) is 1. The predicted molar refractivity (Wildman–Crippen MR) is 61.7 cm³/mol. The van der Waals surface area contributed by atoms with Crippen LogP contribution in [-0.2, 0) is 0 Å². The summed E-state index contributed by atoms with van der Waals surface area (Å²) in [4.78, 5) is 11.6. The Labute approximate surface area is 98.9 Å². The van der Waals surface area contributed by atoms with Crippen molar-refractivity contribution < 1.29 is 15.0 Å². The van der Waals surface area contributed by atoms with Gasteiger partial charge in [0.25, 0.3) is 5.91 Å². The second-order valence-electron chi connectivity index (χ2n) is 4.16. The Morgan fingerprint density at radius 1 is 1.50 bits per heavy atom. The van der Waals surface area contributed by atoms with Crippen LogP contribution in [0.1, 0.15) is 24.2 Å². The van der Waals surface area contributed by atoms with Crippen molar-refractivity contribution in [1.82, 2.24) is 5.32 Å². The molecule has 0 aliphatic carbocycles. The van der Waals surface area contributed by atoms with E-state index >= 15 is 0 Å². The van der Waals surface area contributed by atoms with Gasteiger partial charge in [-0.3, -0.25) is 4.79 Å². The van der Waals surface area contributed by atoms with Crippen LogP contribution in [0.5, 0.6) is 5.75 Å². The summed E-state index contributed by atoms with van der Waals surface area (Å²) in [5.74, 6) is -0.611. The number of aromatic hydroxyl groups is 1. The molecule has 1 amide bonds. The van der Waals surface area contributed by atoms with E-state index in [-0.39, 0.29) is 17.9 Å². The number of halogens is 1. The topological polar surface area (TPSA) is 69.6 Å². The Kier molecular flexibility index (Phi) is 3.78. The highest BCUT2D eigenvalue weighted by Crippen LogP contribution is 2.21. The maximum atomic E-state index is 11.6. The van der Waals surface area contributed by atoms with Crippen molar-refractivity contribution in [1.29, 1.82) is 0 Å². The van der Waals surface area contributed by atoms with E-state index in [2.05, 4.69) is 5.32 Å². The predicted octanol–water partition coefficient (Wildman–Crippen LogP) is 1.55. The molecule has 0 aliphatic heterocycles. The summed E-state index contributed by atoms with van der Waals surface area (Å²) < 4.78 is 0. The van der Waals surface area contributed by atoms with Gasteiger partial charge in [-0.15, -0.1) is 0 Å². The average molecular weight is 244 g/mol. The molecular weight excluding hydrogens is 230 g/mol. The summed E-state index contributed by atoms with van der Waals surface area (Å²) >= 11 is 5.71. The molecule has 0 heterocycles. The van der Waals surface area contributed by atoms with Gasteiger partial charge in [-0.25, -0.2) is 0 Å². The van der Waals surface area contributed by atoms with Crippen LogP contribution in [0.3, 0.4) is 0 Å². The molecule has 4 nitrogen and oxygen atoms in total. The Hall–Kier alpha value is -1.26. The lowest BCUT2D eigenvalue weighted by Gasteiger charge is -2.17. The van der Waals surface area contributed by atoms with E-state index in [0.717, 1.165) is 0 Å². The molecule has 0 saturated heterocycles. The first-order valence-corrected chi connectivity index (χ1v) is 5.16. The normalized spacial score (nSPS) is 11.2. The number of phenolic OH excluding ortho intramolecular Hbond substituents is 1. The largest absolute Gasteiger partial charge is 0.507 e. The number of aliphatic hydroxyl groups is 1. The van der Waals surface area contributed by atoms with E-state index in [1.54, 1.807) is 13.8 Å². The second-order valence-corrected chi connectivity index (χ2v) is 4.59. The summed E-state index contributed by atoms with van der Waals surface area (Å²) in [5, 5.41) is 21.8. The zero-order chi connectivity index (χ0) is 12.3. The molecule has 5 heteroatoms. The maximum absolute atomic E-state index is 11.6. The van der Waals surface area contributed by atoms with Gasteiger partial charge in [0.05, 0.1) is 11.2 Å². The monoisotopic (exact) mass is 243 g/mol. The number of phenols is 1. The minimum atomic E-state index is -0.996. The lowest BCUT2D eigenvalue weighted by molar-refractivity contribution is 0.0693. The third-order valence-electron chi connectivity index (χ3n) is 1.88. The van der Waals surface area contributed by atoms with Gasteiger partial charge >= 0.3 is 0 Å². The van der Waals surface area contributed by atoms with Crippen LogP contribution in [0.2, 0.25) is 5.02 Å². The first-order chi connectivity index (χ1) is 7.29. The smallest absolute Gasteiger partial charge is 0.255 e. The number of benzene rings is 1. The number of carbonyl (C=O) groups is 1. The second kappa shape index (κ2) is 4.72. The van der Waals surface area contributed by atoms with Gasteiger partial charge in [-0.2, -0.15) is 0 Å². The van der Waals surface area contributed by atoms with Gasteiger partial charge < -0.3 is 15.5 Å². The van der Waals surface area contributed by atoms with Gasteiger partial charge in [0, 0.05) is 11.6 Å². The molecule has 0 radical (unpaired) electrons. The summed E-state index contributed by atoms with van der Waals surface area (Å²) in [6.07, 6.45) is 0. The molecular formula is C11H14ClNO3. The third-order valence-corrected chi connectivity index (χ3v) is 2.12. The molecule has 1 rings (SSSR count). The molecule has 0 bridgehead atoms. The first-order valence-electron chi connectivity index (χ1n) is 4.79. The molecule has 0 fully saturated rings. The number of rotatable bonds is 3. The molecule has 3 N–H and O–H groups in total. The molecule has 0 unspecified atom stereocenters. The van der Waals surface area contributed by atoms with E-state index in [0.29, 0.717) is 5.02 Å². The van der Waals surface area contributed by atoms with Crippen molar-refractivity contribution in [2.45, 2.75) is 19.4 Å². The quantitative estimate of drug-likeness (QED) is 0.754. The van der Waals surface area contributed by atoms with E-state index in [1.807, 2.05) is 0 Å². The van der Waals surface area contributed by atoms with Crippen molar-refractivity contribution >= 4 is 17.5 Å². The minimum absolute atomic E-state index is 0.0942. The van der Waals surface area contributed by atoms with Crippen LogP contribution >= 0.6 is 11.6 Å². The van der Waals surface area contributed by atoms with Crippen molar-refractivity contribution in [3.63, 3.8) is 0 Å². The summed E-state index contributed by atoms with van der Waals surface area (Å²) in [6.45, 7) is 3.24. The number of hydrogen-bond acceptors (Lipinski definition) is 3. The fourth-order valence-electron chi connectivity index (χ4n) is 1.08. The zero-order valence-corrected chi connectivity index (χ0v) is 9.88. The molecule has 0 atom stereocenters. The Bertz CT molecular complexity index is 399. The fraction of sp³-hybridized carbons (Fsp3) is 0.364. The Balaban J connectivity index is 2.77. The summed E-state index contributed by atoms with van der Waals surface area (Å²) in [5.41, 5.74) is -0.902. The van der Waals surface area contributed by atoms with Crippen molar-refractivity contribution in [2.24, 2.45) is 0 Å². The summed E-state index contributed by atoms with van der Waals surface area (Å²) in [6, 6.07) is 4.21. The Morgan fingerprint density at radius 3 is 2.69 bits per heavy atom. The van der Waals surface area contributed by atoms with E-state index in [9.17, 15) is 15.0 Å². The molecule has 0 saturated carbocycles. The third kappa shape index (κ3) is 3.72. The van der Waals surface area contributed by atoms with Gasteiger partial charge in [0.2, 0.25) is 0 Å². The standard InChI is InChI=1S/C11H14ClNO3/c1-11(2,16)6-13-10(15)8-5-7(12)3-4-9(8)14/h3-5,14,16H,6H2,1-2H3,(H,13,15). The molecule has 0 spiro atoms. The van der Waals surface area contributed by atoms with Crippen molar-refractivity contribution in [2.75, 3.05) is 6.54 Å². The fourth-order valence-corrected chi connectivity index (χ4v) is 1.25. The van der Waals surface area contributed by atoms with Crippen LogP contribution in [0.25, 0.3) is 0 Å². The molecule has 16 heavy (non-hydrogen) atoms. The molecule has 0 aromatic heterocycles. The van der Waals surface area contributed by atoms with Crippen LogP contribution in [-0.4, -0.2) is 28.3 Å². The maximum Gasteiger partial charge on any atom is 0.255 e. The lowest BCUT2D eigenvalue weighted by atomic mass is 10.1. The minimum Gasteiger partial charge on any atom is -0.507 e. The zero-order valence-electron chi connectivity index (χ0n) is 9.12. The number of carbonyl (C=O) groups excluding carboxylic acids is 1. The van der Waals surface area contributed by atoms with Gasteiger partial charge in [-0.1, -0.05) is 11.6 Å². The van der Waals surface area contributed by atoms with Crippen molar-refractivity contribution in [3.8, 4) is 5.75 Å². The van der Waals surface area contributed by atoms with E-state index < -0.39 is 11.5 Å². The SMILES string of the molecule is CC(C)(O)CNC(=O)c1cc(Cl)ccc1O. The highest BCUT2D eigenvalue weighted by atomic mass is 35.5. The van der Waals surface area contributed by atoms with Crippen LogP contribution in [0.15, 0.2) is 18.2 Å². The first kappa shape index (κ1) is 12.8. The van der Waals surface area contributed by atoms with E-state index in [1.165, 1.54) is 18.2 Å². The average Bonchev–Trinajstić information content (AvgIpc) is 2.17. The van der Waals surface area contributed by atoms with E-state index in [4.69, 9.17) is 11.6 Å². The Morgan fingerprint density at radius 2 is 2.12 bits per heavy atom. The molecule has 1 aromatic rings. The number of amides is 1. The van der Waals surface area contributed by atoms with Gasteiger partial charge in [0.1, 0.15) is 5.75 Å². The number of hydrogen-bond donors (Lipinski definition) is 3. The van der Waals surface area contributed by atoms with Gasteiger partial charge in [-0.05, 0) is 32.0 Å². The highest BCUT2D eigenvalue weighted by molar-refractivity contribution is 6.31. The van der Waals surface area contributed by atoms with Crippen LogP contribution < -0.4 is 5.32 Å². The van der Waals surface area contributed by atoms with Crippen molar-refractivity contribution in [3.05, 3.63) is 28.8 Å². The molecule has 1 aromatic carbocycles.